The molecule has 0 unspecified atom stereocenters. The van der Waals surface area contributed by atoms with Crippen LogP contribution in [0.15, 0.2) is 4.99 Å². The van der Waals surface area contributed by atoms with Crippen molar-refractivity contribution in [3.63, 3.8) is 0 Å². The van der Waals surface area contributed by atoms with E-state index in [1.807, 2.05) is 13.8 Å². The van der Waals surface area contributed by atoms with Crippen LogP contribution in [0.5, 0.6) is 0 Å². The maximum Gasteiger partial charge on any atom is 0.235 e. The van der Waals surface area contributed by atoms with Gasteiger partial charge in [0.05, 0.1) is 5.54 Å². The van der Waals surface area contributed by atoms with E-state index in [0.29, 0.717) is 0 Å². The number of carbonyl (C=O) groups excluding carboxylic acids is 1. The molecule has 0 aliphatic heterocycles. The summed E-state index contributed by atoms with van der Waals surface area (Å²) in [5, 5.41) is 0. The molecular formula is C9H17NO. The first-order valence-corrected chi connectivity index (χ1v) is 3.96. The molecule has 0 fully saturated rings. The zero-order valence-electron chi connectivity index (χ0n) is 8.06. The number of nitrogens with zero attached hydrogens (tertiary/aromatic N) is 1. The SMILES string of the molecule is CCC(C)(C)C(C)(C)N=C=O. The third-order valence-corrected chi connectivity index (χ3v) is 2.87. The van der Waals surface area contributed by atoms with Crippen molar-refractivity contribution in [2.45, 2.75) is 46.6 Å². The zero-order valence-corrected chi connectivity index (χ0v) is 8.06. The van der Waals surface area contributed by atoms with Gasteiger partial charge in [-0.3, -0.25) is 0 Å². The Morgan fingerprint density at radius 2 is 1.73 bits per heavy atom. The molecule has 0 saturated carbocycles. The molecule has 0 rings (SSSR count). The second-order valence-electron chi connectivity index (χ2n) is 4.00. The van der Waals surface area contributed by atoms with Gasteiger partial charge in [-0.25, -0.2) is 4.79 Å². The normalized spacial score (nSPS) is 12.5. The molecule has 0 heterocycles. The molecule has 11 heavy (non-hydrogen) atoms. The van der Waals surface area contributed by atoms with E-state index < -0.39 is 0 Å². The highest BCUT2D eigenvalue weighted by molar-refractivity contribution is 5.35. The van der Waals surface area contributed by atoms with E-state index in [0.717, 1.165) is 6.42 Å². The Balaban J connectivity index is 4.65. The highest BCUT2D eigenvalue weighted by Gasteiger charge is 2.35. The van der Waals surface area contributed by atoms with E-state index in [-0.39, 0.29) is 11.0 Å². The molecule has 0 amide bonds. The van der Waals surface area contributed by atoms with Crippen LogP contribution in [0.25, 0.3) is 0 Å². The zero-order chi connectivity index (χ0) is 9.12. The van der Waals surface area contributed by atoms with E-state index in [4.69, 9.17) is 0 Å². The minimum Gasteiger partial charge on any atom is -0.211 e. The molecular weight excluding hydrogens is 138 g/mol. The fraction of sp³-hybridized carbons (Fsp3) is 0.889. The third-order valence-electron chi connectivity index (χ3n) is 2.87. The minimum absolute atomic E-state index is 0.0599. The quantitative estimate of drug-likeness (QED) is 0.455. The molecule has 0 aromatic heterocycles. The highest BCUT2D eigenvalue weighted by Crippen LogP contribution is 2.36. The van der Waals surface area contributed by atoms with Crippen LogP contribution in [0.2, 0.25) is 0 Å². The molecule has 0 N–H and O–H groups in total. The average Bonchev–Trinajstić information content (AvgIpc) is 1.87. The Hall–Kier alpha value is -0.620. The summed E-state index contributed by atoms with van der Waals surface area (Å²) in [6.45, 7) is 10.2. The van der Waals surface area contributed by atoms with E-state index in [1.165, 1.54) is 0 Å². The van der Waals surface area contributed by atoms with Crippen LogP contribution in [-0.4, -0.2) is 11.6 Å². The number of hydrogen-bond acceptors (Lipinski definition) is 2. The molecule has 0 radical (unpaired) electrons. The lowest BCUT2D eigenvalue weighted by atomic mass is 9.73. The summed E-state index contributed by atoms with van der Waals surface area (Å²) in [5.74, 6) is 0. The number of hydrogen-bond donors (Lipinski definition) is 0. The standard InChI is InChI=1S/C9H17NO/c1-6-8(2,3)9(4,5)10-7-11/h6H2,1-5H3. The first-order valence-electron chi connectivity index (χ1n) is 3.96. The largest absolute Gasteiger partial charge is 0.235 e. The summed E-state index contributed by atoms with van der Waals surface area (Å²) in [7, 11) is 0. The van der Waals surface area contributed by atoms with Gasteiger partial charge in [-0.2, -0.15) is 4.99 Å². The monoisotopic (exact) mass is 155 g/mol. The van der Waals surface area contributed by atoms with E-state index >= 15 is 0 Å². The van der Waals surface area contributed by atoms with Gasteiger partial charge in [-0.1, -0.05) is 20.8 Å². The second kappa shape index (κ2) is 3.19. The van der Waals surface area contributed by atoms with Gasteiger partial charge in [0.2, 0.25) is 6.08 Å². The van der Waals surface area contributed by atoms with Crippen molar-refractivity contribution in [2.24, 2.45) is 10.4 Å². The van der Waals surface area contributed by atoms with Gasteiger partial charge >= 0.3 is 0 Å². The molecule has 2 heteroatoms. The summed E-state index contributed by atoms with van der Waals surface area (Å²) >= 11 is 0. The third kappa shape index (κ3) is 2.16. The number of aliphatic imine (C=N–C) groups is 1. The summed E-state index contributed by atoms with van der Waals surface area (Å²) in [5.41, 5.74) is -0.242. The smallest absolute Gasteiger partial charge is 0.211 e. The maximum atomic E-state index is 10.1. The van der Waals surface area contributed by atoms with Crippen LogP contribution < -0.4 is 0 Å². The molecule has 0 aromatic rings. The Morgan fingerprint density at radius 3 is 2.00 bits per heavy atom. The van der Waals surface area contributed by atoms with Crippen molar-refractivity contribution in [1.82, 2.24) is 0 Å². The first-order chi connectivity index (χ1) is 4.87. The average molecular weight is 155 g/mol. The predicted molar refractivity (Wildman–Crippen MR) is 46.3 cm³/mol. The van der Waals surface area contributed by atoms with Gasteiger partial charge in [-0.15, -0.1) is 0 Å². The predicted octanol–water partition coefficient (Wildman–Crippen LogP) is 2.54. The first kappa shape index (κ1) is 10.4. The van der Waals surface area contributed by atoms with Gasteiger partial charge < -0.3 is 0 Å². The lowest BCUT2D eigenvalue weighted by Crippen LogP contribution is -2.36. The second-order valence-corrected chi connectivity index (χ2v) is 4.00. The topological polar surface area (TPSA) is 29.4 Å². The van der Waals surface area contributed by atoms with Crippen molar-refractivity contribution in [3.8, 4) is 0 Å². The van der Waals surface area contributed by atoms with Crippen LogP contribution in [0.3, 0.4) is 0 Å². The summed E-state index contributed by atoms with van der Waals surface area (Å²) in [4.78, 5) is 13.9. The summed E-state index contributed by atoms with van der Waals surface area (Å²) < 4.78 is 0. The summed E-state index contributed by atoms with van der Waals surface area (Å²) in [6, 6.07) is 0. The number of isocyanates is 1. The molecule has 0 spiro atoms. The van der Waals surface area contributed by atoms with Crippen LogP contribution in [-0.2, 0) is 4.79 Å². The maximum absolute atomic E-state index is 10.1. The van der Waals surface area contributed by atoms with E-state index in [9.17, 15) is 4.79 Å². The molecule has 0 bridgehead atoms. The van der Waals surface area contributed by atoms with Crippen LogP contribution >= 0.6 is 0 Å². The van der Waals surface area contributed by atoms with Crippen LogP contribution in [0.1, 0.15) is 41.0 Å². The van der Waals surface area contributed by atoms with Crippen molar-refractivity contribution in [2.75, 3.05) is 0 Å². The van der Waals surface area contributed by atoms with Gasteiger partial charge in [-0.05, 0) is 25.7 Å². The fourth-order valence-corrected chi connectivity index (χ4v) is 0.698. The van der Waals surface area contributed by atoms with E-state index in [2.05, 4.69) is 25.8 Å². The van der Waals surface area contributed by atoms with E-state index in [1.54, 1.807) is 6.08 Å². The van der Waals surface area contributed by atoms with Gasteiger partial charge in [0.15, 0.2) is 0 Å². The Bertz CT molecular complexity index is 176. The molecule has 0 aliphatic carbocycles. The lowest BCUT2D eigenvalue weighted by molar-refractivity contribution is 0.196. The lowest BCUT2D eigenvalue weighted by Gasteiger charge is -2.36. The minimum atomic E-state index is -0.302. The van der Waals surface area contributed by atoms with Crippen LogP contribution in [0.4, 0.5) is 0 Å². The van der Waals surface area contributed by atoms with Gasteiger partial charge in [0.25, 0.3) is 0 Å². The molecule has 0 saturated heterocycles. The molecule has 2 nitrogen and oxygen atoms in total. The molecule has 0 aromatic carbocycles. The molecule has 64 valence electrons. The van der Waals surface area contributed by atoms with Crippen molar-refractivity contribution >= 4 is 6.08 Å². The fourth-order valence-electron chi connectivity index (χ4n) is 0.698. The molecule has 0 atom stereocenters. The number of rotatable bonds is 3. The molecule has 0 aliphatic rings. The Morgan fingerprint density at radius 1 is 1.27 bits per heavy atom. The van der Waals surface area contributed by atoms with Gasteiger partial charge in [0.1, 0.15) is 0 Å². The van der Waals surface area contributed by atoms with Crippen molar-refractivity contribution in [1.29, 1.82) is 0 Å². The van der Waals surface area contributed by atoms with Crippen LogP contribution in [0, 0.1) is 5.41 Å². The summed E-state index contributed by atoms with van der Waals surface area (Å²) in [6.07, 6.45) is 2.63. The Labute approximate surface area is 68.7 Å². The van der Waals surface area contributed by atoms with Gasteiger partial charge in [0, 0.05) is 0 Å². The van der Waals surface area contributed by atoms with Crippen molar-refractivity contribution < 1.29 is 4.79 Å². The highest BCUT2D eigenvalue weighted by atomic mass is 16.1. The van der Waals surface area contributed by atoms with Crippen molar-refractivity contribution in [3.05, 3.63) is 0 Å². The Kier molecular flexibility index (Phi) is 3.01.